The van der Waals surface area contributed by atoms with Crippen molar-refractivity contribution in [2.75, 3.05) is 25.9 Å². The third-order valence-corrected chi connectivity index (χ3v) is 2.13. The van der Waals surface area contributed by atoms with Crippen LogP contribution in [0.15, 0.2) is 17.5 Å². The fraction of sp³-hybridized carbons (Fsp3) is 0.400. The Labute approximate surface area is 105 Å². The quantitative estimate of drug-likeness (QED) is 0.169. The largest absolute Gasteiger partial charge is 0.383 e. The number of nitrogen functional groups attached to an aromatic ring is 1. The third-order valence-electron chi connectivity index (χ3n) is 2.13. The van der Waals surface area contributed by atoms with Gasteiger partial charge in [-0.05, 0) is 0 Å². The highest BCUT2D eigenvalue weighted by atomic mass is 15.2. The molecule has 18 heavy (non-hydrogen) atoms. The first kappa shape index (κ1) is 13.7. The van der Waals surface area contributed by atoms with Crippen molar-refractivity contribution in [2.24, 2.45) is 4.99 Å². The van der Waals surface area contributed by atoms with Gasteiger partial charge in [-0.1, -0.05) is 0 Å². The lowest BCUT2D eigenvalue weighted by Gasteiger charge is -2.08. The predicted octanol–water partition coefficient (Wildman–Crippen LogP) is -1.21. The van der Waals surface area contributed by atoms with E-state index < -0.39 is 0 Å². The van der Waals surface area contributed by atoms with E-state index in [2.05, 4.69) is 30.9 Å². The van der Waals surface area contributed by atoms with Crippen LogP contribution in [0.4, 0.5) is 5.82 Å². The monoisotopic (exact) mass is 248 g/mol. The van der Waals surface area contributed by atoms with Crippen LogP contribution in [0.3, 0.4) is 0 Å². The van der Waals surface area contributed by atoms with Gasteiger partial charge in [-0.15, -0.1) is 0 Å². The Hall–Kier alpha value is -2.40. The highest BCUT2D eigenvalue weighted by Gasteiger charge is 1.99. The summed E-state index contributed by atoms with van der Waals surface area (Å²) >= 11 is 0. The minimum absolute atomic E-state index is 0.446. The van der Waals surface area contributed by atoms with Gasteiger partial charge in [0, 0.05) is 38.4 Å². The lowest BCUT2D eigenvalue weighted by Crippen LogP contribution is -2.38. The van der Waals surface area contributed by atoms with E-state index in [9.17, 15) is 0 Å². The van der Waals surface area contributed by atoms with E-state index in [1.165, 1.54) is 6.33 Å². The summed E-state index contributed by atoms with van der Waals surface area (Å²) in [6, 6.07) is 0. The summed E-state index contributed by atoms with van der Waals surface area (Å²) in [5, 5.41) is 17.0. The van der Waals surface area contributed by atoms with Crippen molar-refractivity contribution in [2.45, 2.75) is 6.54 Å². The fourth-order valence-electron chi connectivity index (χ4n) is 1.23. The number of rotatable bonds is 5. The molecular formula is C10H16N8. The molecule has 0 saturated carbocycles. The van der Waals surface area contributed by atoms with Crippen LogP contribution in [-0.2, 0) is 6.54 Å². The van der Waals surface area contributed by atoms with E-state index in [0.29, 0.717) is 31.4 Å². The van der Waals surface area contributed by atoms with Gasteiger partial charge in [0.25, 0.3) is 0 Å². The molecule has 5 N–H and O–H groups in total. The van der Waals surface area contributed by atoms with Crippen molar-refractivity contribution in [3.63, 3.8) is 0 Å². The van der Waals surface area contributed by atoms with Gasteiger partial charge < -0.3 is 16.4 Å². The van der Waals surface area contributed by atoms with Gasteiger partial charge in [0.1, 0.15) is 12.1 Å². The summed E-state index contributed by atoms with van der Waals surface area (Å²) in [5.74, 6) is 0.925. The smallest absolute Gasteiger partial charge is 0.204 e. The second-order valence-corrected chi connectivity index (χ2v) is 3.35. The van der Waals surface area contributed by atoms with Crippen LogP contribution in [0.5, 0.6) is 0 Å². The maximum atomic E-state index is 8.42. The molecular weight excluding hydrogens is 232 g/mol. The maximum Gasteiger partial charge on any atom is 0.204 e. The van der Waals surface area contributed by atoms with Gasteiger partial charge in [0.2, 0.25) is 5.96 Å². The molecule has 1 rings (SSSR count). The van der Waals surface area contributed by atoms with Gasteiger partial charge in [0.15, 0.2) is 6.19 Å². The zero-order chi connectivity index (χ0) is 13.2. The first-order valence-electron chi connectivity index (χ1n) is 5.38. The minimum Gasteiger partial charge on any atom is -0.383 e. The number of nitrogens with two attached hydrogens (primary N) is 1. The van der Waals surface area contributed by atoms with E-state index in [-0.39, 0.29) is 0 Å². The summed E-state index contributed by atoms with van der Waals surface area (Å²) < 4.78 is 0. The Balaban J connectivity index is 2.20. The van der Waals surface area contributed by atoms with Crippen LogP contribution >= 0.6 is 0 Å². The number of nitrogens with zero attached hydrogens (tertiary/aromatic N) is 4. The zero-order valence-corrected chi connectivity index (χ0v) is 10.1. The molecule has 0 saturated heterocycles. The van der Waals surface area contributed by atoms with E-state index in [4.69, 9.17) is 11.0 Å². The molecule has 0 spiro atoms. The van der Waals surface area contributed by atoms with Crippen molar-refractivity contribution in [1.29, 1.82) is 5.26 Å². The summed E-state index contributed by atoms with van der Waals surface area (Å²) in [6.07, 6.45) is 4.89. The van der Waals surface area contributed by atoms with Gasteiger partial charge in [-0.3, -0.25) is 10.3 Å². The normalized spacial score (nSPS) is 10.8. The summed E-state index contributed by atoms with van der Waals surface area (Å²) in [6.45, 7) is 1.92. The molecule has 0 aliphatic carbocycles. The predicted molar refractivity (Wildman–Crippen MR) is 68.3 cm³/mol. The number of nitrogens with one attached hydrogen (secondary N) is 3. The molecule has 0 radical (unpaired) electrons. The van der Waals surface area contributed by atoms with Crippen molar-refractivity contribution < 1.29 is 0 Å². The summed E-state index contributed by atoms with van der Waals surface area (Å²) in [5.41, 5.74) is 6.53. The first-order chi connectivity index (χ1) is 8.77. The van der Waals surface area contributed by atoms with E-state index >= 15 is 0 Å². The van der Waals surface area contributed by atoms with Crippen molar-refractivity contribution >= 4 is 11.8 Å². The van der Waals surface area contributed by atoms with E-state index in [1.54, 1.807) is 19.4 Å². The average Bonchev–Trinajstić information content (AvgIpc) is 2.39. The maximum absolute atomic E-state index is 8.42. The van der Waals surface area contributed by atoms with Crippen LogP contribution < -0.4 is 21.7 Å². The van der Waals surface area contributed by atoms with Crippen LogP contribution in [0.2, 0.25) is 0 Å². The Kier molecular flexibility index (Phi) is 5.93. The van der Waals surface area contributed by atoms with Gasteiger partial charge in [0.05, 0.1) is 0 Å². The van der Waals surface area contributed by atoms with Crippen LogP contribution in [0.25, 0.3) is 0 Å². The molecule has 0 fully saturated rings. The fourth-order valence-corrected chi connectivity index (χ4v) is 1.23. The molecule has 8 heteroatoms. The molecule has 0 aliphatic heterocycles. The Morgan fingerprint density at radius 1 is 1.56 bits per heavy atom. The molecule has 0 atom stereocenters. The molecule has 96 valence electrons. The minimum atomic E-state index is 0.446. The van der Waals surface area contributed by atoms with Crippen LogP contribution in [0.1, 0.15) is 5.56 Å². The van der Waals surface area contributed by atoms with Gasteiger partial charge >= 0.3 is 0 Å². The number of anilines is 1. The number of hydrogen-bond donors (Lipinski definition) is 4. The molecule has 1 aromatic rings. The van der Waals surface area contributed by atoms with E-state index in [0.717, 1.165) is 5.56 Å². The molecule has 8 nitrogen and oxygen atoms in total. The lowest BCUT2D eigenvalue weighted by molar-refractivity contribution is 0.666. The molecule has 0 unspecified atom stereocenters. The standard InChI is InChI=1S/C10H16N8/c1-13-10(17-6-11)16-3-2-14-4-8-5-15-7-18-9(8)12/h5,7,14H,2-4H2,1H3,(H2,12,15,18)(H2,13,16,17). The topological polar surface area (TPSA) is 124 Å². The highest BCUT2D eigenvalue weighted by Crippen LogP contribution is 2.03. The molecule has 0 aliphatic rings. The molecule has 1 aromatic heterocycles. The number of nitriles is 1. The van der Waals surface area contributed by atoms with Crippen molar-refractivity contribution in [1.82, 2.24) is 25.9 Å². The molecule has 0 bridgehead atoms. The van der Waals surface area contributed by atoms with Crippen LogP contribution in [-0.4, -0.2) is 36.1 Å². The number of aromatic nitrogens is 2. The third kappa shape index (κ3) is 4.63. The van der Waals surface area contributed by atoms with Gasteiger partial charge in [-0.25, -0.2) is 9.97 Å². The Morgan fingerprint density at radius 2 is 2.39 bits per heavy atom. The lowest BCUT2D eigenvalue weighted by atomic mass is 10.3. The van der Waals surface area contributed by atoms with E-state index in [1.807, 2.05) is 0 Å². The van der Waals surface area contributed by atoms with Gasteiger partial charge in [-0.2, -0.15) is 5.26 Å². The molecule has 0 aromatic carbocycles. The first-order valence-corrected chi connectivity index (χ1v) is 5.38. The number of guanidine groups is 1. The zero-order valence-electron chi connectivity index (χ0n) is 10.1. The molecule has 0 amide bonds. The summed E-state index contributed by atoms with van der Waals surface area (Å²) in [7, 11) is 1.60. The Bertz CT molecular complexity index is 436. The summed E-state index contributed by atoms with van der Waals surface area (Å²) in [4.78, 5) is 11.6. The molecule has 1 heterocycles. The van der Waals surface area contributed by atoms with Crippen LogP contribution in [0, 0.1) is 11.5 Å². The van der Waals surface area contributed by atoms with Crippen molar-refractivity contribution in [3.05, 3.63) is 18.1 Å². The average molecular weight is 248 g/mol. The SMILES string of the molecule is CN=C(NC#N)NCCNCc1cncnc1N. The number of aliphatic imine (C=N–C) groups is 1. The number of hydrogen-bond acceptors (Lipinski definition) is 6. The van der Waals surface area contributed by atoms with Crippen molar-refractivity contribution in [3.8, 4) is 6.19 Å². The highest BCUT2D eigenvalue weighted by molar-refractivity contribution is 5.80. The Morgan fingerprint density at radius 3 is 3.06 bits per heavy atom. The second-order valence-electron chi connectivity index (χ2n) is 3.35. The second kappa shape index (κ2) is 7.81.